The monoisotopic (exact) mass is 487 g/mol. The van der Waals surface area contributed by atoms with Gasteiger partial charge in [-0.1, -0.05) is 24.3 Å². The van der Waals surface area contributed by atoms with Gasteiger partial charge in [0.2, 0.25) is 5.91 Å². The number of allylic oxidation sites excluding steroid dienone is 2. The largest absolute Gasteiger partial charge is 0.430 e. The minimum atomic E-state index is -4.82. The van der Waals surface area contributed by atoms with E-state index >= 15 is 0 Å². The van der Waals surface area contributed by atoms with E-state index in [1.165, 1.54) is 12.1 Å². The summed E-state index contributed by atoms with van der Waals surface area (Å²) in [4.78, 5) is 51.0. The van der Waals surface area contributed by atoms with Crippen LogP contribution in [0.3, 0.4) is 0 Å². The molecule has 4 rings (SSSR count). The Hall–Kier alpha value is -3.99. The Bertz CT molecular complexity index is 1330. The molecule has 7 nitrogen and oxygen atoms in total. The highest BCUT2D eigenvalue weighted by atomic mass is 32.1. The van der Waals surface area contributed by atoms with Crippen molar-refractivity contribution in [1.29, 1.82) is 0 Å². The number of imide groups is 1. The molecule has 3 aromatic rings. The number of alkyl halides is 3. The van der Waals surface area contributed by atoms with Crippen LogP contribution in [-0.4, -0.2) is 41.1 Å². The summed E-state index contributed by atoms with van der Waals surface area (Å²) in [6, 6.07) is 12.9. The number of anilines is 1. The quantitative estimate of drug-likeness (QED) is 0.309. The van der Waals surface area contributed by atoms with E-state index in [0.29, 0.717) is 16.5 Å². The lowest BCUT2D eigenvalue weighted by Gasteiger charge is -2.26. The number of hydrogen-bond acceptors (Lipinski definition) is 6. The highest BCUT2D eigenvalue weighted by Gasteiger charge is 2.33. The number of ketones is 1. The van der Waals surface area contributed by atoms with Gasteiger partial charge in [-0.25, -0.2) is 0 Å². The van der Waals surface area contributed by atoms with Crippen LogP contribution in [0.5, 0.6) is 0 Å². The first kappa shape index (κ1) is 23.2. The molecule has 0 radical (unpaired) electrons. The van der Waals surface area contributed by atoms with Crippen LogP contribution < -0.4 is 11.1 Å². The molecule has 11 heteroatoms. The molecule has 2 aromatic carbocycles. The average molecular weight is 487 g/mol. The molecular weight excluding hydrogens is 471 g/mol. The van der Waals surface area contributed by atoms with Gasteiger partial charge in [-0.2, -0.15) is 13.2 Å². The highest BCUT2D eigenvalue weighted by Crippen LogP contribution is 2.30. The van der Waals surface area contributed by atoms with Crippen LogP contribution in [0.25, 0.3) is 10.8 Å². The zero-order valence-corrected chi connectivity index (χ0v) is 18.1. The number of amides is 3. The van der Waals surface area contributed by atoms with Crippen LogP contribution in [0.2, 0.25) is 0 Å². The summed E-state index contributed by atoms with van der Waals surface area (Å²) in [6.45, 7) is -0.170. The minimum absolute atomic E-state index is 0.0476. The van der Waals surface area contributed by atoms with Crippen molar-refractivity contribution in [2.24, 2.45) is 5.73 Å². The second-order valence-electron chi connectivity index (χ2n) is 7.39. The Morgan fingerprint density at radius 3 is 2.21 bits per heavy atom. The standard InChI is InChI=1S/C23H16F3N3O4S/c24-23(25,26)17(27)11-15(30)16-7-8-19(34-16)28-18(31)9-10-29-21(32)13-5-1-3-12-4-2-6-14(20(12)13)22(29)33/h1-8,11H,9-10,27H2,(H,28,31)/b17-11-. The summed E-state index contributed by atoms with van der Waals surface area (Å²) in [5.74, 6) is -2.48. The van der Waals surface area contributed by atoms with Gasteiger partial charge in [0.15, 0.2) is 5.78 Å². The van der Waals surface area contributed by atoms with Crippen molar-refractivity contribution in [3.05, 3.63) is 76.3 Å². The number of nitrogens with zero attached hydrogens (tertiary/aromatic N) is 1. The van der Waals surface area contributed by atoms with Gasteiger partial charge in [0.25, 0.3) is 11.8 Å². The fraction of sp³-hybridized carbons (Fsp3) is 0.130. The molecule has 0 atom stereocenters. The number of halogens is 3. The van der Waals surface area contributed by atoms with Crippen molar-refractivity contribution < 1.29 is 32.3 Å². The molecule has 1 aliphatic rings. The lowest BCUT2D eigenvalue weighted by molar-refractivity contribution is -0.116. The molecule has 34 heavy (non-hydrogen) atoms. The second-order valence-corrected chi connectivity index (χ2v) is 8.48. The van der Waals surface area contributed by atoms with Gasteiger partial charge in [0, 0.05) is 35.6 Å². The first-order valence-electron chi connectivity index (χ1n) is 9.92. The van der Waals surface area contributed by atoms with Gasteiger partial charge in [0.1, 0.15) is 5.70 Å². The third kappa shape index (κ3) is 4.42. The number of carbonyl (C=O) groups is 4. The lowest BCUT2D eigenvalue weighted by atomic mass is 9.94. The van der Waals surface area contributed by atoms with Crippen LogP contribution in [-0.2, 0) is 4.79 Å². The SMILES string of the molecule is N/C(=C\C(=O)c1ccc(NC(=O)CCN2C(=O)c3cccc4cccc(c34)C2=O)s1)C(F)(F)F. The molecule has 0 fully saturated rings. The third-order valence-electron chi connectivity index (χ3n) is 5.14. The van der Waals surface area contributed by atoms with Crippen LogP contribution in [0.4, 0.5) is 18.2 Å². The van der Waals surface area contributed by atoms with Gasteiger partial charge in [-0.05, 0) is 29.7 Å². The summed E-state index contributed by atoms with van der Waals surface area (Å²) in [6.07, 6.45) is -4.75. The molecule has 0 spiro atoms. The number of carbonyl (C=O) groups excluding carboxylic acids is 4. The first-order valence-corrected chi connectivity index (χ1v) is 10.7. The summed E-state index contributed by atoms with van der Waals surface area (Å²) in [5.41, 5.74) is 4.08. The molecule has 174 valence electrons. The maximum atomic E-state index is 12.9. The molecule has 0 bridgehead atoms. The van der Waals surface area contributed by atoms with Crippen molar-refractivity contribution in [1.82, 2.24) is 4.90 Å². The molecule has 1 aliphatic heterocycles. The van der Waals surface area contributed by atoms with Crippen molar-refractivity contribution >= 4 is 50.6 Å². The van der Waals surface area contributed by atoms with Crippen LogP contribution >= 0.6 is 11.3 Å². The Balaban J connectivity index is 1.41. The molecule has 3 amide bonds. The number of rotatable bonds is 6. The number of hydrogen-bond donors (Lipinski definition) is 2. The Kier molecular flexibility index (Phi) is 5.96. The van der Waals surface area contributed by atoms with Crippen molar-refractivity contribution in [2.75, 3.05) is 11.9 Å². The Morgan fingerprint density at radius 2 is 1.62 bits per heavy atom. The topological polar surface area (TPSA) is 110 Å². The van der Waals surface area contributed by atoms with Crippen molar-refractivity contribution in [2.45, 2.75) is 12.6 Å². The minimum Gasteiger partial charge on any atom is -0.395 e. The maximum Gasteiger partial charge on any atom is 0.430 e. The number of thiophene rings is 1. The van der Waals surface area contributed by atoms with Crippen molar-refractivity contribution in [3.63, 3.8) is 0 Å². The van der Waals surface area contributed by atoms with Crippen molar-refractivity contribution in [3.8, 4) is 0 Å². The molecule has 0 aliphatic carbocycles. The van der Waals surface area contributed by atoms with E-state index in [1.807, 2.05) is 0 Å². The predicted molar refractivity (Wildman–Crippen MR) is 120 cm³/mol. The van der Waals surface area contributed by atoms with E-state index in [1.54, 1.807) is 36.4 Å². The zero-order chi connectivity index (χ0) is 24.6. The zero-order valence-electron chi connectivity index (χ0n) is 17.3. The molecule has 0 saturated heterocycles. The van der Waals surface area contributed by atoms with Gasteiger partial charge in [-0.3, -0.25) is 24.1 Å². The van der Waals surface area contributed by atoms with E-state index in [4.69, 9.17) is 5.73 Å². The molecule has 1 aromatic heterocycles. The van der Waals surface area contributed by atoms with E-state index < -0.39 is 35.4 Å². The molecule has 2 heterocycles. The van der Waals surface area contributed by atoms with E-state index in [-0.39, 0.29) is 28.9 Å². The third-order valence-corrected chi connectivity index (χ3v) is 6.16. The summed E-state index contributed by atoms with van der Waals surface area (Å²) >= 11 is 0.775. The normalized spacial score (nSPS) is 14.0. The smallest absolute Gasteiger partial charge is 0.395 e. The molecular formula is C23H16F3N3O4S. The van der Waals surface area contributed by atoms with Gasteiger partial charge >= 0.3 is 6.18 Å². The van der Waals surface area contributed by atoms with E-state index in [2.05, 4.69) is 5.32 Å². The van der Waals surface area contributed by atoms with Crippen LogP contribution in [0.15, 0.2) is 60.3 Å². The van der Waals surface area contributed by atoms with Crippen LogP contribution in [0, 0.1) is 0 Å². The van der Waals surface area contributed by atoms with Gasteiger partial charge < -0.3 is 11.1 Å². The van der Waals surface area contributed by atoms with Gasteiger partial charge in [-0.15, -0.1) is 11.3 Å². The first-order chi connectivity index (χ1) is 16.1. The fourth-order valence-electron chi connectivity index (χ4n) is 3.53. The fourth-order valence-corrected chi connectivity index (χ4v) is 4.36. The molecule has 3 N–H and O–H groups in total. The maximum absolute atomic E-state index is 12.9. The summed E-state index contributed by atoms with van der Waals surface area (Å²) < 4.78 is 37.5. The number of nitrogens with one attached hydrogen (secondary N) is 1. The van der Waals surface area contributed by atoms with Crippen LogP contribution in [0.1, 0.15) is 36.8 Å². The molecule has 0 unspecified atom stereocenters. The Morgan fingerprint density at radius 1 is 1.00 bits per heavy atom. The summed E-state index contributed by atoms with van der Waals surface area (Å²) in [7, 11) is 0. The molecule has 0 saturated carbocycles. The van der Waals surface area contributed by atoms with Gasteiger partial charge in [0.05, 0.1) is 9.88 Å². The number of benzene rings is 2. The second kappa shape index (κ2) is 8.75. The predicted octanol–water partition coefficient (Wildman–Crippen LogP) is 4.11. The average Bonchev–Trinajstić information content (AvgIpc) is 3.25. The highest BCUT2D eigenvalue weighted by molar-refractivity contribution is 7.18. The van der Waals surface area contributed by atoms with E-state index in [9.17, 15) is 32.3 Å². The van der Waals surface area contributed by atoms with E-state index in [0.717, 1.165) is 21.6 Å². The number of nitrogens with two attached hydrogens (primary N) is 1. The Labute approximate surface area is 194 Å². The summed E-state index contributed by atoms with van der Waals surface area (Å²) in [5, 5.41) is 4.08. The lowest BCUT2D eigenvalue weighted by Crippen LogP contribution is -2.41.